The van der Waals surface area contributed by atoms with E-state index in [2.05, 4.69) is 55.8 Å². The van der Waals surface area contributed by atoms with Crippen molar-refractivity contribution < 1.29 is 44.7 Å². The Bertz CT molecular complexity index is 3320. The van der Waals surface area contributed by atoms with E-state index in [-0.39, 0.29) is 113 Å². The van der Waals surface area contributed by atoms with Gasteiger partial charge in [-0.2, -0.15) is 55.2 Å². The van der Waals surface area contributed by atoms with Crippen LogP contribution in [0, 0.1) is 22.7 Å². The lowest BCUT2D eigenvalue weighted by molar-refractivity contribution is 0.0676. The lowest BCUT2D eigenvalue weighted by Crippen LogP contribution is -2.16. The second kappa shape index (κ2) is 19.3. The Hall–Kier alpha value is -9.55. The molecule has 0 amide bonds. The fourth-order valence-electron chi connectivity index (χ4n) is 6.85. The summed E-state index contributed by atoms with van der Waals surface area (Å²) in [5, 5.41) is 106. The number of carboxylic acid groups (broad SMARTS) is 4. The van der Waals surface area contributed by atoms with Crippen molar-refractivity contribution in [2.24, 2.45) is 20.5 Å². The van der Waals surface area contributed by atoms with Crippen molar-refractivity contribution in [1.82, 2.24) is 54.1 Å². The number of carboxylic acids is 4. The molecule has 0 fully saturated rings. The molecule has 7 aromatic rings. The summed E-state index contributed by atoms with van der Waals surface area (Å²) >= 11 is 2.13. The van der Waals surface area contributed by atoms with Crippen LogP contribution < -0.4 is 11.5 Å². The minimum atomic E-state index is -1.42. The van der Waals surface area contributed by atoms with Gasteiger partial charge in [0.2, 0.25) is 0 Å². The average molecular weight is 1030 g/mol. The Morgan fingerprint density at radius 1 is 0.548 bits per heavy atom. The van der Waals surface area contributed by atoms with E-state index in [0.717, 1.165) is 78.6 Å². The number of aromatic carboxylic acids is 4. The van der Waals surface area contributed by atoms with E-state index in [9.17, 15) is 55.2 Å². The van der Waals surface area contributed by atoms with E-state index < -0.39 is 40.7 Å². The molecule has 73 heavy (non-hydrogen) atoms. The van der Waals surface area contributed by atoms with Gasteiger partial charge in [0.1, 0.15) is 33.3 Å². The van der Waals surface area contributed by atoms with E-state index in [4.69, 9.17) is 11.5 Å². The van der Waals surface area contributed by atoms with Gasteiger partial charge in [-0.3, -0.25) is 0 Å². The van der Waals surface area contributed by atoms with E-state index in [1.165, 1.54) is 0 Å². The molecule has 9 N–H and O–H groups in total. The number of azo groups is 2. The Balaban J connectivity index is 1.36. The monoisotopic (exact) mass is 1030 g/mol. The molecule has 0 atom stereocenters. The highest BCUT2D eigenvalue weighted by atomic mass is 32.2. The van der Waals surface area contributed by atoms with E-state index in [0.29, 0.717) is 0 Å². The molecule has 0 bridgehead atoms. The molecular formula is C43H39N19O9S2. The topological polar surface area (TPSA) is 428 Å². The van der Waals surface area contributed by atoms with Crippen LogP contribution in [0.2, 0.25) is 0 Å². The highest BCUT2D eigenvalue weighted by Crippen LogP contribution is 2.42. The maximum atomic E-state index is 12.0. The number of carbonyl (C=O) groups is 4. The molecule has 0 aliphatic carbocycles. The third-order valence-corrected chi connectivity index (χ3v) is 11.6. The molecule has 372 valence electrons. The van der Waals surface area contributed by atoms with Gasteiger partial charge in [0.25, 0.3) is 11.9 Å². The molecule has 0 saturated carbocycles. The zero-order valence-corrected chi connectivity index (χ0v) is 41.0. The van der Waals surface area contributed by atoms with Gasteiger partial charge in [-0.05, 0) is 48.9 Å². The minimum Gasteiger partial charge on any atom is -0.479 e. The normalized spacial score (nSPS) is 11.9. The number of thioether (sulfide) groups is 2. The Kier molecular flexibility index (Phi) is 13.6. The predicted octanol–water partition coefficient (Wildman–Crippen LogP) is 6.89. The number of nitriles is 2. The maximum absolute atomic E-state index is 12.0. The van der Waals surface area contributed by atoms with Gasteiger partial charge in [0, 0.05) is 10.8 Å². The van der Waals surface area contributed by atoms with Crippen LogP contribution in [0.25, 0.3) is 23.3 Å². The number of anilines is 2. The lowest BCUT2D eigenvalue weighted by Gasteiger charge is -2.15. The number of aromatic nitrogens is 11. The molecule has 7 rings (SSSR count). The molecule has 0 spiro atoms. The summed E-state index contributed by atoms with van der Waals surface area (Å²) in [7, 11) is 0. The van der Waals surface area contributed by atoms with Crippen molar-refractivity contribution in [3.63, 3.8) is 0 Å². The molecule has 0 aliphatic rings. The fraction of sp³-hybridized carbons (Fsp3) is 0.233. The molecular weight excluding hydrogens is 991 g/mol. The van der Waals surface area contributed by atoms with Crippen molar-refractivity contribution in [2.75, 3.05) is 24.0 Å². The molecule has 28 nitrogen and oxygen atoms in total. The van der Waals surface area contributed by atoms with Crippen LogP contribution in [-0.4, -0.2) is 116 Å². The lowest BCUT2D eigenvalue weighted by atomic mass is 9.91. The van der Waals surface area contributed by atoms with Gasteiger partial charge in [-0.1, -0.05) is 41.5 Å². The quantitative estimate of drug-likeness (QED) is 0.0430. The first-order valence-electron chi connectivity index (χ1n) is 20.8. The number of hydrogen-bond acceptors (Lipinski definition) is 22. The Labute approximate surface area is 419 Å². The molecule has 0 radical (unpaired) electrons. The summed E-state index contributed by atoms with van der Waals surface area (Å²) in [6, 6.07) is 9.72. The summed E-state index contributed by atoms with van der Waals surface area (Å²) in [5.41, 5.74) is 10.2. The van der Waals surface area contributed by atoms with Gasteiger partial charge in [-0.15, -0.1) is 44.0 Å². The predicted molar refractivity (Wildman–Crippen MR) is 258 cm³/mol. The van der Waals surface area contributed by atoms with Gasteiger partial charge in [-0.25, -0.2) is 28.5 Å². The Morgan fingerprint density at radius 3 is 1.15 bits per heavy atom. The van der Waals surface area contributed by atoms with Crippen LogP contribution in [0.3, 0.4) is 0 Å². The second-order valence-electron chi connectivity index (χ2n) is 17.3. The largest absolute Gasteiger partial charge is 0.479 e. The second-order valence-corrected chi connectivity index (χ2v) is 18.9. The molecule has 0 saturated heterocycles. The highest BCUT2D eigenvalue weighted by Gasteiger charge is 2.32. The number of hydrogen-bond donors (Lipinski definition) is 7. The third kappa shape index (κ3) is 9.82. The molecule has 0 aliphatic heterocycles. The van der Waals surface area contributed by atoms with E-state index >= 15 is 0 Å². The SMILES string of the molecule is CSc1nn(-c2cc(C(=O)O)cc(C(=O)O)c2)c(N=Nc2c(C(C)(C)C)nn(-c3nc(O)nc(-n4nc(C(C)(C)C)c(N=Nc5c(C#N)c(SC)nn5-c5cc(C(=O)O)cc(C(=O)O)c5)c4N)n3)c2N)c1C#N. The number of nitrogen functional groups attached to an aromatic ring is 2. The van der Waals surface area contributed by atoms with Gasteiger partial charge >= 0.3 is 29.9 Å². The molecule has 5 heterocycles. The minimum absolute atomic E-state index is 0.0595. The molecule has 30 heteroatoms. The average Bonchev–Trinajstić information content (AvgIpc) is 4.08. The van der Waals surface area contributed by atoms with Gasteiger partial charge < -0.3 is 37.0 Å². The van der Waals surface area contributed by atoms with Crippen molar-refractivity contribution in [2.45, 2.75) is 62.4 Å². The Morgan fingerprint density at radius 2 is 0.877 bits per heavy atom. The maximum Gasteiger partial charge on any atom is 0.335 e. The van der Waals surface area contributed by atoms with Gasteiger partial charge in [0.05, 0.1) is 45.0 Å². The van der Waals surface area contributed by atoms with Crippen molar-refractivity contribution in [3.05, 3.63) is 81.2 Å². The number of aromatic hydroxyl groups is 1. The first-order valence-corrected chi connectivity index (χ1v) is 23.2. The number of benzene rings is 2. The summed E-state index contributed by atoms with van der Waals surface area (Å²) in [5.74, 6) is -7.36. The summed E-state index contributed by atoms with van der Waals surface area (Å²) in [4.78, 5) is 60.6. The molecule has 0 unspecified atom stereocenters. The summed E-state index contributed by atoms with van der Waals surface area (Å²) in [6.45, 7) is 10.7. The van der Waals surface area contributed by atoms with Crippen LogP contribution in [0.5, 0.6) is 6.01 Å². The molecule has 5 aromatic heterocycles. The number of nitrogens with two attached hydrogens (primary N) is 2. The smallest absolute Gasteiger partial charge is 0.335 e. The molecule has 2 aromatic carbocycles. The van der Waals surface area contributed by atoms with Crippen LogP contribution in [0.15, 0.2) is 66.9 Å². The van der Waals surface area contributed by atoms with Crippen molar-refractivity contribution >= 4 is 82.0 Å². The number of nitrogens with zero attached hydrogens (tertiary/aromatic N) is 17. The first kappa shape index (κ1) is 51.3. The van der Waals surface area contributed by atoms with Crippen LogP contribution in [0.1, 0.15) is 105 Å². The van der Waals surface area contributed by atoms with Crippen molar-refractivity contribution in [3.8, 4) is 41.4 Å². The zero-order valence-electron chi connectivity index (χ0n) is 39.4. The van der Waals surface area contributed by atoms with E-state index in [1.54, 1.807) is 54.1 Å². The van der Waals surface area contributed by atoms with Gasteiger partial charge in [0.15, 0.2) is 34.6 Å². The van der Waals surface area contributed by atoms with E-state index in [1.807, 2.05) is 12.1 Å². The highest BCUT2D eigenvalue weighted by molar-refractivity contribution is 7.98. The number of rotatable bonds is 14. The fourth-order valence-corrected chi connectivity index (χ4v) is 7.86. The van der Waals surface area contributed by atoms with Crippen LogP contribution in [-0.2, 0) is 10.8 Å². The zero-order chi connectivity index (χ0) is 53.6. The third-order valence-electron chi connectivity index (χ3n) is 10.3. The summed E-state index contributed by atoms with van der Waals surface area (Å²) < 4.78 is 4.20. The van der Waals surface area contributed by atoms with Crippen molar-refractivity contribution in [1.29, 1.82) is 10.5 Å². The van der Waals surface area contributed by atoms with Crippen LogP contribution >= 0.6 is 23.5 Å². The van der Waals surface area contributed by atoms with Crippen LogP contribution in [0.4, 0.5) is 34.6 Å². The summed E-state index contributed by atoms with van der Waals surface area (Å²) in [6.07, 6.45) is 3.26. The standard InChI is InChI=1S/C43H39N19O9S2/c1-42(2,3)27-25(51-53-31-23(15-44)33(72-7)57-59(31)21-11-17(35(63)64)9-18(12-21)36(65)66)29(46)61(55-27)39-48-40(50-41(71)49-39)62-30(47)26(28(56-62)43(4,5)6)52-54-32-24(16-45)34(73-8)58-60(32)22-13-19(37(67)68)10-20(14-22)38(69)70/h9-14H,46-47H2,1-8H3,(H,63,64)(H,65,66)(H,67,68)(H,69,70)(H,48,49,50,71). The first-order chi connectivity index (χ1) is 34.3.